The number of nitrogens with zero attached hydrogens (tertiary/aromatic N) is 1. The Labute approximate surface area is 305 Å². The van der Waals surface area contributed by atoms with Gasteiger partial charge in [-0.15, -0.1) is 11.3 Å². The Kier molecular flexibility index (Phi) is 6.68. The van der Waals surface area contributed by atoms with E-state index in [1.54, 1.807) is 0 Å². The van der Waals surface area contributed by atoms with Gasteiger partial charge in [-0.05, 0) is 77.6 Å². The van der Waals surface area contributed by atoms with Crippen LogP contribution in [0.25, 0.3) is 60.5 Å². The molecule has 1 aliphatic heterocycles. The monoisotopic (exact) mass is 687 g/mol. The topological polar surface area (TPSA) is 25.6 Å². The molecule has 0 fully saturated rings. The Balaban J connectivity index is 1.10. The van der Waals surface area contributed by atoms with Gasteiger partial charge < -0.3 is 14.1 Å². The van der Waals surface area contributed by atoms with Crippen molar-refractivity contribution < 1.29 is 9.15 Å². The van der Waals surface area contributed by atoms with Crippen molar-refractivity contribution in [1.29, 1.82) is 0 Å². The molecule has 3 heterocycles. The van der Waals surface area contributed by atoms with E-state index >= 15 is 0 Å². The van der Waals surface area contributed by atoms with Crippen molar-refractivity contribution in [2.24, 2.45) is 0 Å². The molecule has 0 radical (unpaired) electrons. The summed E-state index contributed by atoms with van der Waals surface area (Å²) in [7, 11) is 0. The molecule has 2 aliphatic carbocycles. The quantitative estimate of drug-likeness (QED) is 0.180. The molecule has 4 heteroatoms. The molecule has 2 aromatic heterocycles. The minimum atomic E-state index is 0.268. The van der Waals surface area contributed by atoms with Crippen molar-refractivity contribution in [2.75, 3.05) is 4.90 Å². The molecule has 6 aromatic carbocycles. The van der Waals surface area contributed by atoms with Gasteiger partial charge in [-0.25, -0.2) is 0 Å². The predicted molar refractivity (Wildman–Crippen MR) is 216 cm³/mol. The zero-order valence-electron chi connectivity index (χ0n) is 28.4. The van der Waals surface area contributed by atoms with Crippen LogP contribution in [0, 0.1) is 0 Å². The third-order valence-corrected chi connectivity index (χ3v) is 12.2. The van der Waals surface area contributed by atoms with Gasteiger partial charge in [0.25, 0.3) is 0 Å². The fraction of sp³-hybridized carbons (Fsp3) is 0.0833. The van der Waals surface area contributed by atoms with E-state index in [0.717, 1.165) is 75.2 Å². The average Bonchev–Trinajstić information content (AvgIpc) is 3.90. The summed E-state index contributed by atoms with van der Waals surface area (Å²) >= 11 is 1.92. The minimum Gasteiger partial charge on any atom is -0.460 e. The first kappa shape index (κ1) is 29.6. The van der Waals surface area contributed by atoms with E-state index in [1.165, 1.54) is 42.2 Å². The van der Waals surface area contributed by atoms with Crippen LogP contribution in [0.2, 0.25) is 0 Å². The van der Waals surface area contributed by atoms with Gasteiger partial charge in [-0.1, -0.05) is 115 Å². The number of rotatable bonds is 5. The van der Waals surface area contributed by atoms with Crippen LogP contribution in [-0.4, -0.2) is 0 Å². The molecular formula is C48H33NO2S. The number of anilines is 2. The van der Waals surface area contributed by atoms with E-state index in [2.05, 4.69) is 157 Å². The Morgan fingerprint density at radius 2 is 1.44 bits per heavy atom. The van der Waals surface area contributed by atoms with Gasteiger partial charge in [0.2, 0.25) is 0 Å². The van der Waals surface area contributed by atoms with Crippen LogP contribution >= 0.6 is 11.3 Å². The highest BCUT2D eigenvalue weighted by Gasteiger charge is 2.33. The molecule has 1 unspecified atom stereocenters. The zero-order valence-corrected chi connectivity index (χ0v) is 29.2. The van der Waals surface area contributed by atoms with Crippen molar-refractivity contribution in [3.05, 3.63) is 178 Å². The molecule has 52 heavy (non-hydrogen) atoms. The lowest BCUT2D eigenvalue weighted by Crippen LogP contribution is -2.31. The number of furan rings is 1. The Hall–Kier alpha value is -6.10. The third-order valence-electron chi connectivity index (χ3n) is 10.9. The smallest absolute Gasteiger partial charge is 0.137 e. The van der Waals surface area contributed by atoms with E-state index in [4.69, 9.17) is 9.15 Å². The highest BCUT2D eigenvalue weighted by atomic mass is 32.1. The number of benzene rings is 6. The van der Waals surface area contributed by atoms with Crippen LogP contribution < -0.4 is 19.4 Å². The molecule has 1 atom stereocenters. The standard InChI is InChI=1S/C48H33NO2S/c1-2-11-30(12-3-1)35-16-9-18-40-41-19-10-20-42(48(41)52-47(35)40)49(33-27-28-38-36-13-4-6-21-43(36)50-45(38)29-33)32-25-23-31(24-26-32)34-15-8-17-39-37-14-5-7-22-44(37)51-46(34)39/h1-9,11-16,18-19,21-29,39H,10,17,20H2. The summed E-state index contributed by atoms with van der Waals surface area (Å²) in [6, 6.07) is 50.1. The van der Waals surface area contributed by atoms with E-state index in [0.29, 0.717) is 0 Å². The molecule has 0 saturated carbocycles. The van der Waals surface area contributed by atoms with Crippen molar-refractivity contribution in [3.63, 3.8) is 0 Å². The van der Waals surface area contributed by atoms with E-state index in [9.17, 15) is 0 Å². The van der Waals surface area contributed by atoms with Crippen molar-refractivity contribution in [2.45, 2.75) is 25.2 Å². The van der Waals surface area contributed by atoms with E-state index in [1.807, 2.05) is 17.4 Å². The van der Waals surface area contributed by atoms with Crippen LogP contribution in [0.3, 0.4) is 0 Å². The second-order valence-electron chi connectivity index (χ2n) is 13.9. The summed E-state index contributed by atoms with van der Waals surface area (Å²) in [6.45, 7) is 0. The number of hydrogen-bond donors (Lipinski definition) is 0. The van der Waals surface area contributed by atoms with Gasteiger partial charge >= 0.3 is 0 Å². The summed E-state index contributed by atoms with van der Waals surface area (Å²) in [4.78, 5) is 2.47. The molecule has 0 spiro atoms. The first-order valence-electron chi connectivity index (χ1n) is 18.1. The number of para-hydroxylation sites is 2. The molecular weight excluding hydrogens is 655 g/mol. The van der Waals surface area contributed by atoms with Crippen LogP contribution in [0.1, 0.15) is 36.3 Å². The van der Waals surface area contributed by atoms with E-state index < -0.39 is 0 Å². The van der Waals surface area contributed by atoms with Crippen LogP contribution in [0.15, 0.2) is 162 Å². The Morgan fingerprint density at radius 3 is 2.37 bits per heavy atom. The number of ether oxygens (including phenoxy) is 1. The summed E-state index contributed by atoms with van der Waals surface area (Å²) < 4.78 is 15.6. The lowest BCUT2D eigenvalue weighted by Gasteiger charge is -2.29. The van der Waals surface area contributed by atoms with Crippen molar-refractivity contribution in [3.8, 4) is 16.9 Å². The van der Waals surface area contributed by atoms with Gasteiger partial charge in [0.15, 0.2) is 0 Å². The fourth-order valence-electron chi connectivity index (χ4n) is 8.50. The normalized spacial score (nSPS) is 16.2. The molecule has 0 bridgehead atoms. The average molecular weight is 688 g/mol. The predicted octanol–water partition coefficient (Wildman–Crippen LogP) is 11.8. The maximum absolute atomic E-state index is 6.50. The molecule has 3 aliphatic rings. The highest BCUT2D eigenvalue weighted by molar-refractivity contribution is 7.17. The largest absolute Gasteiger partial charge is 0.460 e. The van der Waals surface area contributed by atoms with Crippen molar-refractivity contribution >= 4 is 72.1 Å². The molecule has 8 aromatic rings. The van der Waals surface area contributed by atoms with Gasteiger partial charge in [0, 0.05) is 61.1 Å². The number of thiophene rings is 1. The first-order chi connectivity index (χ1) is 25.8. The molecule has 0 saturated heterocycles. The van der Waals surface area contributed by atoms with Gasteiger partial charge in [0.05, 0.1) is 4.53 Å². The fourth-order valence-corrected chi connectivity index (χ4v) is 9.90. The van der Waals surface area contributed by atoms with Gasteiger partial charge in [0.1, 0.15) is 22.7 Å². The first-order valence-corrected chi connectivity index (χ1v) is 18.9. The van der Waals surface area contributed by atoms with Crippen molar-refractivity contribution in [1.82, 2.24) is 0 Å². The second-order valence-corrected chi connectivity index (χ2v) is 14.9. The van der Waals surface area contributed by atoms with Gasteiger partial charge in [-0.3, -0.25) is 0 Å². The van der Waals surface area contributed by atoms with Crippen LogP contribution in [-0.2, 0) is 0 Å². The summed E-state index contributed by atoms with van der Waals surface area (Å²) in [5.41, 5.74) is 11.5. The zero-order chi connectivity index (χ0) is 34.2. The summed E-state index contributed by atoms with van der Waals surface area (Å²) in [5.74, 6) is 2.31. The maximum Gasteiger partial charge on any atom is 0.137 e. The van der Waals surface area contributed by atoms with Crippen LogP contribution in [0.4, 0.5) is 11.4 Å². The molecule has 0 N–H and O–H groups in total. The van der Waals surface area contributed by atoms with Gasteiger partial charge in [-0.2, -0.15) is 0 Å². The second kappa shape index (κ2) is 11.7. The lowest BCUT2D eigenvalue weighted by atomic mass is 9.87. The SMILES string of the molecule is C1=CC(c2ccc(N(C3=c4sc5c(-c6ccccc6)cccc5c4=CCC3)c3ccc4c(c3)oc3ccccc34)cc2)=C2Oc3ccccc3C2C1. The van der Waals surface area contributed by atoms with Crippen LogP contribution in [0.5, 0.6) is 5.75 Å². The molecule has 248 valence electrons. The molecule has 0 amide bonds. The number of hydrogen-bond acceptors (Lipinski definition) is 4. The highest BCUT2D eigenvalue weighted by Crippen LogP contribution is 2.48. The number of allylic oxidation sites excluding steroid dienone is 4. The Bertz CT molecular complexity index is 2910. The summed E-state index contributed by atoms with van der Waals surface area (Å²) in [6.07, 6.45) is 9.84. The molecule has 3 nitrogen and oxygen atoms in total. The number of fused-ring (bicyclic) bond motifs is 9. The molecule has 11 rings (SSSR count). The maximum atomic E-state index is 6.50. The van der Waals surface area contributed by atoms with E-state index in [-0.39, 0.29) is 5.92 Å². The lowest BCUT2D eigenvalue weighted by molar-refractivity contribution is 0.429. The minimum absolute atomic E-state index is 0.268. The third kappa shape index (κ3) is 4.57. The Morgan fingerprint density at radius 1 is 0.654 bits per heavy atom. The summed E-state index contributed by atoms with van der Waals surface area (Å²) in [5, 5.41) is 4.95.